The molecule has 0 saturated carbocycles. The topological polar surface area (TPSA) is 88.1 Å². The molecule has 3 aliphatic carbocycles. The van der Waals surface area contributed by atoms with Gasteiger partial charge in [0.05, 0.1) is 37.2 Å². The van der Waals surface area contributed by atoms with E-state index >= 15 is 0 Å². The van der Waals surface area contributed by atoms with Crippen LogP contribution in [0.1, 0.15) is 0 Å². The SMILES string of the molecule is COC(=O)C1=C(C(=O)OC)[C@H]2C=C[C@@H]1C(=O)C2(OC)OC. The molecule has 0 aromatic rings. The van der Waals surface area contributed by atoms with Gasteiger partial charge in [-0.15, -0.1) is 0 Å². The predicted molar refractivity (Wildman–Crippen MR) is 68.9 cm³/mol. The smallest absolute Gasteiger partial charge is 0.335 e. The summed E-state index contributed by atoms with van der Waals surface area (Å²) in [4.78, 5) is 36.6. The zero-order valence-electron chi connectivity index (χ0n) is 12.2. The number of hydrogen-bond donors (Lipinski definition) is 0. The van der Waals surface area contributed by atoms with E-state index in [-0.39, 0.29) is 11.1 Å². The molecule has 0 aromatic carbocycles. The number of carbonyl (C=O) groups is 3. The maximum absolute atomic E-state index is 12.6. The Labute approximate surface area is 121 Å². The minimum atomic E-state index is -1.64. The highest BCUT2D eigenvalue weighted by Crippen LogP contribution is 2.47. The van der Waals surface area contributed by atoms with Crippen LogP contribution in [0.2, 0.25) is 0 Å². The number of rotatable bonds is 4. The first-order chi connectivity index (χ1) is 9.98. The van der Waals surface area contributed by atoms with Crippen LogP contribution in [0.4, 0.5) is 0 Å². The first-order valence-corrected chi connectivity index (χ1v) is 6.22. The van der Waals surface area contributed by atoms with E-state index in [2.05, 4.69) is 4.74 Å². The number of methoxy groups -OCH3 is 4. The summed E-state index contributed by atoms with van der Waals surface area (Å²) < 4.78 is 19.9. The fourth-order valence-corrected chi connectivity index (χ4v) is 2.89. The highest BCUT2D eigenvalue weighted by Gasteiger charge is 2.60. The lowest BCUT2D eigenvalue weighted by molar-refractivity contribution is -0.225. The molecule has 0 aromatic heterocycles. The second-order valence-corrected chi connectivity index (χ2v) is 4.59. The van der Waals surface area contributed by atoms with Crippen LogP contribution in [0.5, 0.6) is 0 Å². The minimum absolute atomic E-state index is 0.0217. The van der Waals surface area contributed by atoms with E-state index < -0.39 is 35.3 Å². The van der Waals surface area contributed by atoms with Crippen LogP contribution in [0.15, 0.2) is 23.3 Å². The van der Waals surface area contributed by atoms with Gasteiger partial charge in [0.15, 0.2) is 0 Å². The van der Waals surface area contributed by atoms with Crippen molar-refractivity contribution in [1.29, 1.82) is 0 Å². The molecule has 0 radical (unpaired) electrons. The quantitative estimate of drug-likeness (QED) is 0.410. The van der Waals surface area contributed by atoms with Crippen molar-refractivity contribution in [3.05, 3.63) is 23.3 Å². The van der Waals surface area contributed by atoms with Gasteiger partial charge in [0.25, 0.3) is 0 Å². The lowest BCUT2D eigenvalue weighted by Gasteiger charge is -2.45. The summed E-state index contributed by atoms with van der Waals surface area (Å²) in [5.41, 5.74) is 0.00623. The molecule has 2 bridgehead atoms. The van der Waals surface area contributed by atoms with Crippen LogP contribution < -0.4 is 0 Å². The van der Waals surface area contributed by atoms with E-state index in [0.29, 0.717) is 0 Å². The third-order valence-corrected chi connectivity index (χ3v) is 3.86. The minimum Gasteiger partial charge on any atom is -0.466 e. The highest BCUT2D eigenvalue weighted by molar-refractivity contribution is 6.11. The number of hydrogen-bond acceptors (Lipinski definition) is 7. The van der Waals surface area contributed by atoms with Gasteiger partial charge in [-0.2, -0.15) is 0 Å². The monoisotopic (exact) mass is 296 g/mol. The van der Waals surface area contributed by atoms with E-state index in [0.717, 1.165) is 0 Å². The normalized spacial score (nSPS) is 26.0. The number of allylic oxidation sites excluding steroid dienone is 1. The Kier molecular flexibility index (Phi) is 3.97. The van der Waals surface area contributed by atoms with Crippen LogP contribution in [-0.4, -0.2) is 51.9 Å². The Morgan fingerprint density at radius 2 is 1.48 bits per heavy atom. The van der Waals surface area contributed by atoms with Crippen LogP contribution in [0.3, 0.4) is 0 Å². The number of carbonyl (C=O) groups excluding carboxylic acids is 3. The maximum atomic E-state index is 12.6. The molecule has 0 aliphatic heterocycles. The molecule has 0 unspecified atom stereocenters. The molecule has 7 nitrogen and oxygen atoms in total. The van der Waals surface area contributed by atoms with Crippen LogP contribution in [0, 0.1) is 11.8 Å². The lowest BCUT2D eigenvalue weighted by atomic mass is 9.66. The zero-order valence-corrected chi connectivity index (χ0v) is 12.2. The fourth-order valence-electron chi connectivity index (χ4n) is 2.89. The molecule has 0 saturated heterocycles. The van der Waals surface area contributed by atoms with Crippen molar-refractivity contribution in [1.82, 2.24) is 0 Å². The second-order valence-electron chi connectivity index (χ2n) is 4.59. The zero-order chi connectivity index (χ0) is 15.8. The summed E-state index contributed by atoms with van der Waals surface area (Å²) in [5.74, 6) is -5.39. The molecule has 2 atom stereocenters. The van der Waals surface area contributed by atoms with Crippen molar-refractivity contribution in [3.63, 3.8) is 0 Å². The van der Waals surface area contributed by atoms with Gasteiger partial charge >= 0.3 is 11.9 Å². The third-order valence-electron chi connectivity index (χ3n) is 3.86. The number of ether oxygens (including phenoxy) is 4. The van der Waals surface area contributed by atoms with E-state index in [4.69, 9.17) is 14.2 Å². The highest BCUT2D eigenvalue weighted by atomic mass is 16.7. The van der Waals surface area contributed by atoms with Crippen molar-refractivity contribution >= 4 is 17.7 Å². The first-order valence-electron chi connectivity index (χ1n) is 6.22. The van der Waals surface area contributed by atoms with Gasteiger partial charge in [-0.25, -0.2) is 9.59 Å². The predicted octanol–water partition coefficient (Wildman–Crippen LogP) is 0.00300. The maximum Gasteiger partial charge on any atom is 0.335 e. The van der Waals surface area contributed by atoms with Gasteiger partial charge in [-0.3, -0.25) is 4.79 Å². The lowest BCUT2D eigenvalue weighted by Crippen LogP contribution is -2.59. The fraction of sp³-hybridized carbons (Fsp3) is 0.500. The first kappa shape index (κ1) is 15.4. The van der Waals surface area contributed by atoms with Crippen molar-refractivity contribution in [2.45, 2.75) is 5.79 Å². The number of fused-ring (bicyclic) bond motifs is 1. The van der Waals surface area contributed by atoms with E-state index in [1.54, 1.807) is 12.2 Å². The molecule has 0 fully saturated rings. The summed E-state index contributed by atoms with van der Waals surface area (Å²) in [7, 11) is 4.99. The Hall–Kier alpha value is -1.99. The molecule has 21 heavy (non-hydrogen) atoms. The number of ketones is 1. The average Bonchev–Trinajstić information content (AvgIpc) is 2.53. The van der Waals surface area contributed by atoms with Crippen molar-refractivity contribution in [2.75, 3.05) is 28.4 Å². The second kappa shape index (κ2) is 5.42. The van der Waals surface area contributed by atoms with Crippen LogP contribution >= 0.6 is 0 Å². The van der Waals surface area contributed by atoms with E-state index in [9.17, 15) is 14.4 Å². The number of Topliss-reactive ketones (excluding diaryl/α,β-unsaturated/α-hetero) is 1. The molecular formula is C14H16O7. The van der Waals surface area contributed by atoms with Crippen molar-refractivity contribution in [2.24, 2.45) is 11.8 Å². The average molecular weight is 296 g/mol. The van der Waals surface area contributed by atoms with Gasteiger partial charge in [-0.05, 0) is 0 Å². The van der Waals surface area contributed by atoms with Gasteiger partial charge in [0.1, 0.15) is 0 Å². The summed E-state index contributed by atoms with van der Waals surface area (Å²) in [6.45, 7) is 0. The summed E-state index contributed by atoms with van der Waals surface area (Å²) in [5, 5.41) is 0. The summed E-state index contributed by atoms with van der Waals surface area (Å²) in [6, 6.07) is 0. The van der Waals surface area contributed by atoms with Gasteiger partial charge < -0.3 is 18.9 Å². The standard InChI is InChI=1S/C14H16O7/c1-18-12(16)9-7-5-6-8(10(9)13(17)19-2)14(20-3,21-4)11(7)15/h5-8H,1-4H3/t7-,8+/m0/s1. The van der Waals surface area contributed by atoms with Crippen molar-refractivity contribution < 1.29 is 33.3 Å². The Morgan fingerprint density at radius 1 is 0.952 bits per heavy atom. The van der Waals surface area contributed by atoms with Gasteiger partial charge in [0, 0.05) is 14.2 Å². The van der Waals surface area contributed by atoms with Crippen molar-refractivity contribution in [3.8, 4) is 0 Å². The molecular weight excluding hydrogens is 280 g/mol. The van der Waals surface area contributed by atoms with E-state index in [1.165, 1.54) is 28.4 Å². The molecule has 7 heteroatoms. The largest absolute Gasteiger partial charge is 0.466 e. The molecule has 3 rings (SSSR count). The number of esters is 2. The van der Waals surface area contributed by atoms with Crippen LogP contribution in [0.25, 0.3) is 0 Å². The Bertz CT molecular complexity index is 554. The van der Waals surface area contributed by atoms with Gasteiger partial charge in [0.2, 0.25) is 11.6 Å². The van der Waals surface area contributed by atoms with Gasteiger partial charge in [-0.1, -0.05) is 12.2 Å². The molecule has 114 valence electrons. The molecule has 3 aliphatic rings. The Balaban J connectivity index is 2.69. The van der Waals surface area contributed by atoms with E-state index in [1.807, 2.05) is 0 Å². The Morgan fingerprint density at radius 3 is 1.95 bits per heavy atom. The molecule has 0 spiro atoms. The summed E-state index contributed by atoms with van der Waals surface area (Å²) in [6.07, 6.45) is 3.15. The third kappa shape index (κ3) is 1.92. The molecule has 0 amide bonds. The molecule has 0 N–H and O–H groups in total. The molecule has 0 heterocycles. The summed E-state index contributed by atoms with van der Waals surface area (Å²) >= 11 is 0. The van der Waals surface area contributed by atoms with Crippen LogP contribution in [-0.2, 0) is 33.3 Å².